The maximum absolute atomic E-state index is 13.0. The summed E-state index contributed by atoms with van der Waals surface area (Å²) in [7, 11) is 4.11. The van der Waals surface area contributed by atoms with Crippen LogP contribution in [-0.4, -0.2) is 39.2 Å². The molecule has 0 saturated heterocycles. The van der Waals surface area contributed by atoms with Crippen molar-refractivity contribution in [3.63, 3.8) is 0 Å². The Labute approximate surface area is 163 Å². The van der Waals surface area contributed by atoms with E-state index >= 15 is 0 Å². The van der Waals surface area contributed by atoms with Gasteiger partial charge in [-0.15, -0.1) is 0 Å². The van der Waals surface area contributed by atoms with Crippen LogP contribution >= 0.6 is 0 Å². The van der Waals surface area contributed by atoms with Gasteiger partial charge in [0.15, 0.2) is 0 Å². The predicted octanol–water partition coefficient (Wildman–Crippen LogP) is 4.05. The van der Waals surface area contributed by atoms with Crippen LogP contribution in [0.3, 0.4) is 0 Å². The lowest BCUT2D eigenvalue weighted by Gasteiger charge is -2.52. The van der Waals surface area contributed by atoms with Crippen molar-refractivity contribution in [3.8, 4) is 0 Å². The van der Waals surface area contributed by atoms with E-state index in [0.29, 0.717) is 38.5 Å². The fourth-order valence-corrected chi connectivity index (χ4v) is 5.49. The Kier molecular flexibility index (Phi) is 8.30. The molecule has 0 unspecified atom stereocenters. The maximum Gasteiger partial charge on any atom is 0.311 e. The highest BCUT2D eigenvalue weighted by molar-refractivity contribution is 5.86. The summed E-state index contributed by atoms with van der Waals surface area (Å²) in [5, 5.41) is 0. The van der Waals surface area contributed by atoms with Gasteiger partial charge in [0, 0.05) is 0 Å². The van der Waals surface area contributed by atoms with E-state index in [4.69, 9.17) is 14.2 Å². The molecule has 1 aliphatic carbocycles. The van der Waals surface area contributed by atoms with Crippen LogP contribution in [0.25, 0.3) is 0 Å². The summed E-state index contributed by atoms with van der Waals surface area (Å²) in [5.41, 5.74) is -2.68. The zero-order chi connectivity index (χ0) is 20.7. The molecule has 1 fully saturated rings. The Balaban J connectivity index is 3.69. The summed E-state index contributed by atoms with van der Waals surface area (Å²) in [6.45, 7) is 6.00. The van der Waals surface area contributed by atoms with Gasteiger partial charge in [-0.25, -0.2) is 0 Å². The van der Waals surface area contributed by atoms with Crippen molar-refractivity contribution in [3.05, 3.63) is 0 Å². The number of methoxy groups -OCH3 is 3. The van der Waals surface area contributed by atoms with Crippen molar-refractivity contribution in [2.75, 3.05) is 21.3 Å². The number of rotatable bonds is 9. The number of ether oxygens (including phenoxy) is 3. The zero-order valence-electron chi connectivity index (χ0n) is 17.8. The smallest absolute Gasteiger partial charge is 0.311 e. The Morgan fingerprint density at radius 3 is 0.963 bits per heavy atom. The third-order valence-electron chi connectivity index (χ3n) is 6.07. The van der Waals surface area contributed by atoms with E-state index < -0.39 is 16.2 Å². The first kappa shape index (κ1) is 23.4. The van der Waals surface area contributed by atoms with Crippen LogP contribution in [0.5, 0.6) is 0 Å². The third-order valence-corrected chi connectivity index (χ3v) is 6.07. The molecule has 0 amide bonds. The van der Waals surface area contributed by atoms with Gasteiger partial charge in [-0.3, -0.25) is 14.4 Å². The lowest BCUT2D eigenvalue weighted by atomic mass is 9.50. The molecular formula is C21H36O6. The van der Waals surface area contributed by atoms with Crippen LogP contribution in [0.1, 0.15) is 78.6 Å². The zero-order valence-corrected chi connectivity index (χ0v) is 17.8. The molecule has 0 radical (unpaired) electrons. The van der Waals surface area contributed by atoms with E-state index in [9.17, 15) is 14.4 Å². The van der Waals surface area contributed by atoms with Gasteiger partial charge in [-0.2, -0.15) is 0 Å². The molecule has 0 heterocycles. The van der Waals surface area contributed by atoms with Crippen molar-refractivity contribution >= 4 is 17.9 Å². The second kappa shape index (κ2) is 9.56. The molecule has 0 aliphatic heterocycles. The highest BCUT2D eigenvalue weighted by Gasteiger charge is 2.62. The summed E-state index contributed by atoms with van der Waals surface area (Å²) in [5.74, 6) is -1.05. The average molecular weight is 385 g/mol. The number of carbonyl (C=O) groups is 3. The molecule has 27 heavy (non-hydrogen) atoms. The van der Waals surface area contributed by atoms with E-state index in [0.717, 1.165) is 19.3 Å². The summed E-state index contributed by atoms with van der Waals surface area (Å²) < 4.78 is 15.5. The monoisotopic (exact) mass is 384 g/mol. The number of carbonyl (C=O) groups excluding carboxylic acids is 3. The first-order valence-electron chi connectivity index (χ1n) is 10.0. The highest BCUT2D eigenvalue weighted by Crippen LogP contribution is 2.60. The van der Waals surface area contributed by atoms with E-state index in [1.165, 1.54) is 21.3 Å². The molecule has 156 valence electrons. The number of hydrogen-bond donors (Lipinski definition) is 0. The summed E-state index contributed by atoms with van der Waals surface area (Å²) >= 11 is 0. The first-order chi connectivity index (χ1) is 12.7. The van der Waals surface area contributed by atoms with Crippen LogP contribution < -0.4 is 0 Å². The quantitative estimate of drug-likeness (QED) is 0.441. The summed E-state index contributed by atoms with van der Waals surface area (Å²) in [4.78, 5) is 38.9. The van der Waals surface area contributed by atoms with Crippen LogP contribution in [-0.2, 0) is 28.6 Å². The molecule has 0 bridgehead atoms. The van der Waals surface area contributed by atoms with E-state index in [-0.39, 0.29) is 17.9 Å². The van der Waals surface area contributed by atoms with Gasteiger partial charge < -0.3 is 14.2 Å². The number of hydrogen-bond acceptors (Lipinski definition) is 6. The van der Waals surface area contributed by atoms with E-state index in [1.54, 1.807) is 0 Å². The summed E-state index contributed by atoms with van der Waals surface area (Å²) in [6.07, 6.45) is 4.99. The normalized spacial score (nSPS) is 30.4. The second-order valence-electron chi connectivity index (χ2n) is 8.10. The molecule has 1 aliphatic rings. The van der Waals surface area contributed by atoms with Crippen LogP contribution in [0.2, 0.25) is 0 Å². The minimum Gasteiger partial charge on any atom is -0.469 e. The van der Waals surface area contributed by atoms with Crippen molar-refractivity contribution in [2.24, 2.45) is 16.2 Å². The Morgan fingerprint density at radius 1 is 0.593 bits per heavy atom. The van der Waals surface area contributed by atoms with E-state index in [1.807, 2.05) is 20.8 Å². The van der Waals surface area contributed by atoms with Gasteiger partial charge in [-0.05, 0) is 38.5 Å². The topological polar surface area (TPSA) is 78.9 Å². The lowest BCUT2D eigenvalue weighted by Crippen LogP contribution is -2.55. The Morgan fingerprint density at radius 2 is 0.815 bits per heavy atom. The first-order valence-corrected chi connectivity index (χ1v) is 10.0. The molecule has 0 spiro atoms. The van der Waals surface area contributed by atoms with Crippen molar-refractivity contribution in [1.82, 2.24) is 0 Å². The molecule has 0 aromatic rings. The fourth-order valence-electron chi connectivity index (χ4n) is 5.49. The van der Waals surface area contributed by atoms with Gasteiger partial charge in [0.25, 0.3) is 0 Å². The van der Waals surface area contributed by atoms with E-state index in [2.05, 4.69) is 0 Å². The standard InChI is InChI=1S/C21H36O6/c1-7-10-19(16(22)25-4)13-20(11-8-2,17(23)26-5)15-21(14-19,12-9-3)18(24)27-6/h7-15H2,1-6H3. The van der Waals surface area contributed by atoms with Gasteiger partial charge in [0.05, 0.1) is 37.6 Å². The second-order valence-corrected chi connectivity index (χ2v) is 8.10. The molecule has 0 atom stereocenters. The minimum absolute atomic E-state index is 0.349. The Bertz CT molecular complexity index is 457. The third kappa shape index (κ3) is 4.46. The number of esters is 3. The Hall–Kier alpha value is -1.59. The molecular weight excluding hydrogens is 348 g/mol. The van der Waals surface area contributed by atoms with Crippen molar-refractivity contribution < 1.29 is 28.6 Å². The molecule has 0 N–H and O–H groups in total. The van der Waals surface area contributed by atoms with Crippen LogP contribution in [0.15, 0.2) is 0 Å². The van der Waals surface area contributed by atoms with Crippen molar-refractivity contribution in [2.45, 2.75) is 78.6 Å². The summed E-state index contributed by atoms with van der Waals surface area (Å²) in [6, 6.07) is 0. The van der Waals surface area contributed by atoms with Gasteiger partial charge in [0.1, 0.15) is 0 Å². The SMILES string of the molecule is CCCC1(C(=O)OC)CC(CCC)(C(=O)OC)CC(CCC)(C(=O)OC)C1. The minimum atomic E-state index is -0.894. The average Bonchev–Trinajstić information content (AvgIpc) is 2.66. The maximum atomic E-state index is 13.0. The largest absolute Gasteiger partial charge is 0.469 e. The van der Waals surface area contributed by atoms with Crippen molar-refractivity contribution in [1.29, 1.82) is 0 Å². The molecule has 6 heteroatoms. The van der Waals surface area contributed by atoms with Gasteiger partial charge in [0.2, 0.25) is 0 Å². The van der Waals surface area contributed by atoms with Crippen LogP contribution in [0.4, 0.5) is 0 Å². The lowest BCUT2D eigenvalue weighted by molar-refractivity contribution is -0.185. The molecule has 6 nitrogen and oxygen atoms in total. The molecule has 1 rings (SSSR count). The fraction of sp³-hybridized carbons (Fsp3) is 0.857. The molecule has 0 aromatic heterocycles. The van der Waals surface area contributed by atoms with Crippen LogP contribution in [0, 0.1) is 16.2 Å². The highest BCUT2D eigenvalue weighted by atomic mass is 16.5. The molecule has 1 saturated carbocycles. The predicted molar refractivity (Wildman–Crippen MR) is 102 cm³/mol. The van der Waals surface area contributed by atoms with Gasteiger partial charge >= 0.3 is 17.9 Å². The van der Waals surface area contributed by atoms with Gasteiger partial charge in [-0.1, -0.05) is 40.0 Å². The molecule has 0 aromatic carbocycles.